The topological polar surface area (TPSA) is 90.4 Å². The molecular weight excluding hydrogens is 482 g/mol. The van der Waals surface area contributed by atoms with Crippen molar-refractivity contribution in [1.29, 1.82) is 5.41 Å². The highest BCUT2D eigenvalue weighted by Crippen LogP contribution is 2.40. The molecule has 0 aliphatic carbocycles. The van der Waals surface area contributed by atoms with Crippen molar-refractivity contribution in [3.63, 3.8) is 0 Å². The molecule has 7 heteroatoms. The molecule has 2 N–H and O–H groups in total. The number of carbonyl (C=O) groups is 1. The number of rotatable bonds is 3. The molecule has 0 spiro atoms. The number of hydrogen-bond acceptors (Lipinski definition) is 5. The Morgan fingerprint density at radius 1 is 1.09 bits per heavy atom. The van der Waals surface area contributed by atoms with Gasteiger partial charge >= 0.3 is 0 Å². The molecule has 6 nitrogen and oxygen atoms in total. The Morgan fingerprint density at radius 3 is 2.21 bits per heavy atom. The summed E-state index contributed by atoms with van der Waals surface area (Å²) in [5, 5.41) is 19.5. The molecule has 1 aromatic carbocycles. The summed E-state index contributed by atoms with van der Waals surface area (Å²) in [5.41, 5.74) is 4.35. The van der Waals surface area contributed by atoms with E-state index in [2.05, 4.69) is 4.98 Å². The Labute approximate surface area is 205 Å². The largest absolute Gasteiger partial charge is 0.507 e. The van der Waals surface area contributed by atoms with Crippen LogP contribution in [0.4, 0.5) is 0 Å². The van der Waals surface area contributed by atoms with Crippen LogP contribution in [0.25, 0.3) is 11.1 Å². The normalized spacial score (nSPS) is 13.9. The van der Waals surface area contributed by atoms with Gasteiger partial charge in [0.25, 0.3) is 0 Å². The maximum Gasteiger partial charge on any atom is 0.182 e. The first-order chi connectivity index (χ1) is 14.8. The van der Waals surface area contributed by atoms with Gasteiger partial charge in [-0.05, 0) is 36.0 Å². The highest BCUT2D eigenvalue weighted by molar-refractivity contribution is 8.93. The van der Waals surface area contributed by atoms with Crippen LogP contribution in [0.2, 0.25) is 0 Å². The van der Waals surface area contributed by atoms with Crippen LogP contribution in [-0.4, -0.2) is 33.2 Å². The molecule has 0 fully saturated rings. The fraction of sp³-hybridized carbons (Fsp3) is 0.423. The van der Waals surface area contributed by atoms with Crippen molar-refractivity contribution in [3.8, 4) is 5.75 Å². The predicted octanol–water partition coefficient (Wildman–Crippen LogP) is 6.04. The second-order valence-electron chi connectivity index (χ2n) is 10.8. The standard InChI is InChI=1S/C26H31N3O3.BrH/c1-14-8-19-21(32-14)11-16-12-29(24(27)22(16)28-19)13-20(30)15-9-17(25(2,3)4)23(31)18(10-15)26(5,6)7;/h8-11,27,31H,12-13H2,1-7H3;1H. The number of Topliss-reactive ketones (excluding diaryl/α,β-unsaturated/α-hetero) is 1. The lowest BCUT2D eigenvalue weighted by Crippen LogP contribution is -2.31. The lowest BCUT2D eigenvalue weighted by Gasteiger charge is -2.28. The quantitative estimate of drug-likeness (QED) is 0.416. The molecular formula is C26H32BrN3O3. The van der Waals surface area contributed by atoms with Crippen molar-refractivity contribution < 1.29 is 14.3 Å². The first kappa shape index (κ1) is 25.0. The van der Waals surface area contributed by atoms with Crippen molar-refractivity contribution in [3.05, 3.63) is 58.0 Å². The number of fused-ring (bicyclic) bond motifs is 2. The van der Waals surface area contributed by atoms with E-state index < -0.39 is 0 Å². The number of halogens is 1. The third-order valence-electron chi connectivity index (χ3n) is 5.99. The molecule has 3 heterocycles. The van der Waals surface area contributed by atoms with Crippen LogP contribution in [0.1, 0.15) is 80.0 Å². The molecule has 0 atom stereocenters. The molecule has 0 unspecified atom stereocenters. The van der Waals surface area contributed by atoms with Gasteiger partial charge in [0.15, 0.2) is 11.4 Å². The van der Waals surface area contributed by atoms with Crippen LogP contribution in [0.15, 0.2) is 28.7 Å². The summed E-state index contributed by atoms with van der Waals surface area (Å²) in [6.07, 6.45) is 0. The number of phenolic OH excluding ortho intramolecular Hbond substituents is 1. The van der Waals surface area contributed by atoms with Crippen molar-refractivity contribution in [1.82, 2.24) is 9.88 Å². The number of benzene rings is 1. The smallest absolute Gasteiger partial charge is 0.182 e. The number of carbonyl (C=O) groups excluding carboxylic acids is 1. The number of amidine groups is 1. The lowest BCUT2D eigenvalue weighted by molar-refractivity contribution is 0.0962. The van der Waals surface area contributed by atoms with Gasteiger partial charge < -0.3 is 14.4 Å². The van der Waals surface area contributed by atoms with E-state index in [9.17, 15) is 9.90 Å². The van der Waals surface area contributed by atoms with Crippen LogP contribution < -0.4 is 0 Å². The van der Waals surface area contributed by atoms with Crippen molar-refractivity contribution in [2.45, 2.75) is 65.8 Å². The zero-order chi connectivity index (χ0) is 23.6. The van der Waals surface area contributed by atoms with Gasteiger partial charge in [-0.3, -0.25) is 10.2 Å². The first-order valence-corrected chi connectivity index (χ1v) is 10.9. The molecule has 0 bridgehead atoms. The minimum atomic E-state index is -0.312. The number of phenols is 1. The van der Waals surface area contributed by atoms with E-state index in [4.69, 9.17) is 9.83 Å². The Morgan fingerprint density at radius 2 is 1.67 bits per heavy atom. The molecule has 3 aromatic rings. The minimum absolute atomic E-state index is 0. The van der Waals surface area contributed by atoms with E-state index in [0.717, 1.165) is 28.0 Å². The molecule has 2 aromatic heterocycles. The number of aromatic nitrogens is 1. The van der Waals surface area contributed by atoms with Crippen LogP contribution in [0, 0.1) is 12.3 Å². The molecule has 1 aliphatic rings. The Hall–Kier alpha value is -2.67. The number of nitrogens with zero attached hydrogens (tertiary/aromatic N) is 2. The average molecular weight is 514 g/mol. The second kappa shape index (κ2) is 8.28. The van der Waals surface area contributed by atoms with Gasteiger partial charge in [-0.2, -0.15) is 0 Å². The Balaban J connectivity index is 0.00000306. The molecule has 176 valence electrons. The molecule has 0 saturated heterocycles. The molecule has 0 radical (unpaired) electrons. The van der Waals surface area contributed by atoms with Crippen LogP contribution in [-0.2, 0) is 17.4 Å². The monoisotopic (exact) mass is 513 g/mol. The second-order valence-corrected chi connectivity index (χ2v) is 10.8. The summed E-state index contributed by atoms with van der Waals surface area (Å²) in [7, 11) is 0. The number of hydrogen-bond donors (Lipinski definition) is 2. The summed E-state index contributed by atoms with van der Waals surface area (Å²) < 4.78 is 5.67. The van der Waals surface area contributed by atoms with Crippen LogP contribution in [0.5, 0.6) is 5.75 Å². The van der Waals surface area contributed by atoms with E-state index in [0.29, 0.717) is 23.4 Å². The maximum atomic E-state index is 13.3. The number of pyridine rings is 1. The average Bonchev–Trinajstić information content (AvgIpc) is 3.16. The third-order valence-corrected chi connectivity index (χ3v) is 5.99. The van der Waals surface area contributed by atoms with E-state index in [-0.39, 0.29) is 51.7 Å². The molecule has 0 amide bonds. The van der Waals surface area contributed by atoms with Gasteiger partial charge in [-0.25, -0.2) is 4.98 Å². The number of ketones is 1. The van der Waals surface area contributed by atoms with Gasteiger partial charge in [0.1, 0.15) is 28.6 Å². The minimum Gasteiger partial charge on any atom is -0.507 e. The van der Waals surface area contributed by atoms with Crippen molar-refractivity contribution >= 4 is 39.7 Å². The highest BCUT2D eigenvalue weighted by Gasteiger charge is 2.31. The summed E-state index contributed by atoms with van der Waals surface area (Å²) in [5.74, 6) is 1.20. The van der Waals surface area contributed by atoms with Gasteiger partial charge in [0.2, 0.25) is 0 Å². The zero-order valence-electron chi connectivity index (χ0n) is 20.3. The van der Waals surface area contributed by atoms with Crippen LogP contribution >= 0.6 is 17.0 Å². The van der Waals surface area contributed by atoms with Gasteiger partial charge in [-0.15, -0.1) is 17.0 Å². The fourth-order valence-corrected chi connectivity index (χ4v) is 4.23. The fourth-order valence-electron chi connectivity index (χ4n) is 4.23. The van der Waals surface area contributed by atoms with Crippen molar-refractivity contribution in [2.75, 3.05) is 6.54 Å². The number of furan rings is 1. The molecule has 33 heavy (non-hydrogen) atoms. The SMILES string of the molecule is Br.Cc1cc2nc3c(cc2o1)CN(CC(=O)c1cc(C(C)(C)C)c(O)c(C(C)(C)C)c1)C3=N. The molecule has 0 saturated carbocycles. The number of aromatic hydroxyl groups is 1. The number of aryl methyl sites for hydroxylation is 1. The maximum absolute atomic E-state index is 13.3. The summed E-state index contributed by atoms with van der Waals surface area (Å²) in [4.78, 5) is 19.7. The van der Waals surface area contributed by atoms with E-state index in [1.54, 1.807) is 17.0 Å². The molecule has 1 aliphatic heterocycles. The Kier molecular flexibility index (Phi) is 6.26. The molecule has 4 rings (SSSR count). The zero-order valence-corrected chi connectivity index (χ0v) is 22.0. The first-order valence-electron chi connectivity index (χ1n) is 10.9. The van der Waals surface area contributed by atoms with Gasteiger partial charge in [0.05, 0.1) is 6.54 Å². The lowest BCUT2D eigenvalue weighted by atomic mass is 9.78. The summed E-state index contributed by atoms with van der Waals surface area (Å²) in [6, 6.07) is 7.37. The van der Waals surface area contributed by atoms with E-state index >= 15 is 0 Å². The predicted molar refractivity (Wildman–Crippen MR) is 136 cm³/mol. The van der Waals surface area contributed by atoms with Gasteiger partial charge in [0, 0.05) is 34.9 Å². The van der Waals surface area contributed by atoms with Crippen molar-refractivity contribution in [2.24, 2.45) is 0 Å². The Bertz CT molecular complexity index is 1230. The third kappa shape index (κ3) is 4.56. The number of nitrogens with one attached hydrogen (secondary N) is 1. The van der Waals surface area contributed by atoms with Gasteiger partial charge in [-0.1, -0.05) is 41.5 Å². The highest BCUT2D eigenvalue weighted by atomic mass is 79.9. The van der Waals surface area contributed by atoms with E-state index in [1.165, 1.54) is 0 Å². The summed E-state index contributed by atoms with van der Waals surface area (Å²) >= 11 is 0. The van der Waals surface area contributed by atoms with E-state index in [1.807, 2.05) is 60.6 Å². The van der Waals surface area contributed by atoms with Crippen LogP contribution in [0.3, 0.4) is 0 Å². The summed E-state index contributed by atoms with van der Waals surface area (Å²) in [6.45, 7) is 14.6.